The highest BCUT2D eigenvalue weighted by Crippen LogP contribution is 2.22. The molecule has 0 saturated carbocycles. The van der Waals surface area contributed by atoms with Crippen molar-refractivity contribution in [3.8, 4) is 0 Å². The highest BCUT2D eigenvalue weighted by Gasteiger charge is 2.03. The summed E-state index contributed by atoms with van der Waals surface area (Å²) >= 11 is 3.35. The van der Waals surface area contributed by atoms with Crippen LogP contribution in [0.4, 0.5) is 5.82 Å². The first-order valence-electron chi connectivity index (χ1n) is 3.74. The SMILES string of the molecule is Cc1ccnc(NCC(N)=O)c1Br. The quantitative estimate of drug-likeness (QED) is 0.834. The Balaban J connectivity index is 2.77. The van der Waals surface area contributed by atoms with Gasteiger partial charge < -0.3 is 11.1 Å². The molecule has 3 N–H and O–H groups in total. The van der Waals surface area contributed by atoms with Gasteiger partial charge in [-0.2, -0.15) is 0 Å². The number of hydrogen-bond donors (Lipinski definition) is 2. The van der Waals surface area contributed by atoms with Crippen LogP contribution in [0.2, 0.25) is 0 Å². The predicted octanol–water partition coefficient (Wildman–Crippen LogP) is 1.05. The molecule has 0 spiro atoms. The second-order valence-corrected chi connectivity index (χ2v) is 3.40. The van der Waals surface area contributed by atoms with E-state index in [2.05, 4.69) is 26.2 Å². The number of halogens is 1. The van der Waals surface area contributed by atoms with Crippen LogP contribution in [-0.2, 0) is 4.79 Å². The fraction of sp³-hybridized carbons (Fsp3) is 0.250. The number of aromatic nitrogens is 1. The van der Waals surface area contributed by atoms with Crippen molar-refractivity contribution < 1.29 is 4.79 Å². The van der Waals surface area contributed by atoms with E-state index in [1.165, 1.54) is 0 Å². The smallest absolute Gasteiger partial charge is 0.236 e. The Labute approximate surface area is 84.7 Å². The van der Waals surface area contributed by atoms with E-state index >= 15 is 0 Å². The minimum absolute atomic E-state index is 0.0923. The molecule has 0 aliphatic heterocycles. The number of carbonyl (C=O) groups excluding carboxylic acids is 1. The van der Waals surface area contributed by atoms with Gasteiger partial charge in [-0.05, 0) is 34.5 Å². The second kappa shape index (κ2) is 4.23. The summed E-state index contributed by atoms with van der Waals surface area (Å²) in [7, 11) is 0. The van der Waals surface area contributed by atoms with Crippen molar-refractivity contribution in [1.29, 1.82) is 0 Å². The van der Waals surface area contributed by atoms with Gasteiger partial charge in [0.1, 0.15) is 5.82 Å². The largest absolute Gasteiger partial charge is 0.368 e. The predicted molar refractivity (Wildman–Crippen MR) is 54.4 cm³/mol. The van der Waals surface area contributed by atoms with Gasteiger partial charge in [-0.15, -0.1) is 0 Å². The van der Waals surface area contributed by atoms with Crippen molar-refractivity contribution in [2.24, 2.45) is 5.73 Å². The summed E-state index contributed by atoms with van der Waals surface area (Å²) in [6, 6.07) is 1.87. The monoisotopic (exact) mass is 243 g/mol. The fourth-order valence-electron chi connectivity index (χ4n) is 0.834. The fourth-order valence-corrected chi connectivity index (χ4v) is 1.21. The molecule has 0 radical (unpaired) electrons. The first kappa shape index (κ1) is 9.98. The summed E-state index contributed by atoms with van der Waals surface area (Å²) in [4.78, 5) is 14.5. The lowest BCUT2D eigenvalue weighted by Crippen LogP contribution is -2.22. The number of nitrogens with two attached hydrogens (primary N) is 1. The second-order valence-electron chi connectivity index (χ2n) is 2.61. The molecule has 0 atom stereocenters. The van der Waals surface area contributed by atoms with Crippen LogP contribution in [-0.4, -0.2) is 17.4 Å². The molecular formula is C8H10BrN3O. The summed E-state index contributed by atoms with van der Waals surface area (Å²) in [5, 5.41) is 2.82. The zero-order valence-electron chi connectivity index (χ0n) is 7.17. The highest BCUT2D eigenvalue weighted by molar-refractivity contribution is 9.10. The number of amides is 1. The van der Waals surface area contributed by atoms with Crippen LogP contribution >= 0.6 is 15.9 Å². The van der Waals surface area contributed by atoms with Crippen molar-refractivity contribution in [3.05, 3.63) is 22.3 Å². The van der Waals surface area contributed by atoms with Crippen molar-refractivity contribution in [1.82, 2.24) is 4.98 Å². The van der Waals surface area contributed by atoms with Crippen LogP contribution in [0.5, 0.6) is 0 Å². The Morgan fingerprint density at radius 1 is 1.77 bits per heavy atom. The third-order valence-electron chi connectivity index (χ3n) is 1.51. The van der Waals surface area contributed by atoms with E-state index in [0.717, 1.165) is 10.0 Å². The summed E-state index contributed by atoms with van der Waals surface area (Å²) < 4.78 is 0.858. The topological polar surface area (TPSA) is 68.0 Å². The van der Waals surface area contributed by atoms with E-state index < -0.39 is 5.91 Å². The average Bonchev–Trinajstić information content (AvgIpc) is 2.07. The number of hydrogen-bond acceptors (Lipinski definition) is 3. The van der Waals surface area contributed by atoms with Gasteiger partial charge in [-0.1, -0.05) is 0 Å². The van der Waals surface area contributed by atoms with Gasteiger partial charge in [-0.25, -0.2) is 4.98 Å². The van der Waals surface area contributed by atoms with E-state index in [1.807, 2.05) is 13.0 Å². The third-order valence-corrected chi connectivity index (χ3v) is 2.51. The number of rotatable bonds is 3. The standard InChI is InChI=1S/C8H10BrN3O/c1-5-2-3-11-8(7(5)9)12-4-6(10)13/h2-3H,4H2,1H3,(H2,10,13)(H,11,12). The molecule has 1 aromatic rings. The average molecular weight is 244 g/mol. The normalized spacial score (nSPS) is 9.69. The van der Waals surface area contributed by atoms with Gasteiger partial charge in [0, 0.05) is 6.20 Å². The highest BCUT2D eigenvalue weighted by atomic mass is 79.9. The summed E-state index contributed by atoms with van der Waals surface area (Å²) in [6.45, 7) is 2.04. The number of nitrogens with one attached hydrogen (secondary N) is 1. The molecule has 1 rings (SSSR count). The first-order valence-corrected chi connectivity index (χ1v) is 4.54. The number of pyridine rings is 1. The summed E-state index contributed by atoms with van der Waals surface area (Å²) in [6.07, 6.45) is 1.67. The molecule has 0 fully saturated rings. The molecule has 0 saturated heterocycles. The Morgan fingerprint density at radius 2 is 2.46 bits per heavy atom. The zero-order valence-corrected chi connectivity index (χ0v) is 8.76. The first-order chi connectivity index (χ1) is 6.11. The minimum Gasteiger partial charge on any atom is -0.368 e. The number of carbonyl (C=O) groups is 1. The molecule has 0 aliphatic carbocycles. The molecule has 0 unspecified atom stereocenters. The molecule has 1 aromatic heterocycles. The Kier molecular flexibility index (Phi) is 3.25. The molecule has 1 amide bonds. The lowest BCUT2D eigenvalue weighted by molar-refractivity contribution is -0.116. The number of nitrogens with zero attached hydrogens (tertiary/aromatic N) is 1. The van der Waals surface area contributed by atoms with Crippen LogP contribution in [0.3, 0.4) is 0 Å². The molecule has 0 aromatic carbocycles. The third kappa shape index (κ3) is 2.69. The molecule has 5 heteroatoms. The van der Waals surface area contributed by atoms with E-state index in [1.54, 1.807) is 6.20 Å². The molecule has 4 nitrogen and oxygen atoms in total. The van der Waals surface area contributed by atoms with Crippen LogP contribution < -0.4 is 11.1 Å². The maximum absolute atomic E-state index is 10.5. The molecule has 1 heterocycles. The van der Waals surface area contributed by atoms with Crippen LogP contribution in [0.25, 0.3) is 0 Å². The Bertz CT molecular complexity index is 327. The van der Waals surface area contributed by atoms with E-state index in [9.17, 15) is 4.79 Å². The molecule has 0 bridgehead atoms. The van der Waals surface area contributed by atoms with Crippen molar-refractivity contribution in [2.45, 2.75) is 6.92 Å². The van der Waals surface area contributed by atoms with Crippen LogP contribution in [0.1, 0.15) is 5.56 Å². The van der Waals surface area contributed by atoms with E-state index in [0.29, 0.717) is 5.82 Å². The van der Waals surface area contributed by atoms with Gasteiger partial charge >= 0.3 is 0 Å². The lowest BCUT2D eigenvalue weighted by Gasteiger charge is -2.06. The van der Waals surface area contributed by atoms with Gasteiger partial charge in [0.05, 0.1) is 11.0 Å². The number of primary amides is 1. The zero-order chi connectivity index (χ0) is 9.84. The summed E-state index contributed by atoms with van der Waals surface area (Å²) in [5.74, 6) is 0.231. The van der Waals surface area contributed by atoms with Gasteiger partial charge in [0.2, 0.25) is 5.91 Å². The van der Waals surface area contributed by atoms with Crippen LogP contribution in [0, 0.1) is 6.92 Å². The molecule has 13 heavy (non-hydrogen) atoms. The number of anilines is 1. The molecule has 0 aliphatic rings. The lowest BCUT2D eigenvalue weighted by atomic mass is 10.3. The minimum atomic E-state index is -0.407. The number of aryl methyl sites for hydroxylation is 1. The maximum Gasteiger partial charge on any atom is 0.236 e. The van der Waals surface area contributed by atoms with Crippen LogP contribution in [0.15, 0.2) is 16.7 Å². The maximum atomic E-state index is 10.5. The van der Waals surface area contributed by atoms with Gasteiger partial charge in [0.25, 0.3) is 0 Å². The van der Waals surface area contributed by atoms with E-state index in [-0.39, 0.29) is 6.54 Å². The van der Waals surface area contributed by atoms with E-state index in [4.69, 9.17) is 5.73 Å². The van der Waals surface area contributed by atoms with Gasteiger partial charge in [0.15, 0.2) is 0 Å². The molecule has 70 valence electrons. The molecular weight excluding hydrogens is 234 g/mol. The Hall–Kier alpha value is -1.10. The van der Waals surface area contributed by atoms with Crippen molar-refractivity contribution in [3.63, 3.8) is 0 Å². The van der Waals surface area contributed by atoms with Crippen molar-refractivity contribution in [2.75, 3.05) is 11.9 Å². The van der Waals surface area contributed by atoms with Gasteiger partial charge in [-0.3, -0.25) is 4.79 Å². The summed E-state index contributed by atoms with van der Waals surface area (Å²) in [5.41, 5.74) is 6.04. The Morgan fingerprint density at radius 3 is 3.08 bits per heavy atom. The van der Waals surface area contributed by atoms with Crippen molar-refractivity contribution >= 4 is 27.7 Å².